The Morgan fingerprint density at radius 2 is 1.95 bits per heavy atom. The molecule has 0 saturated heterocycles. The van der Waals surface area contributed by atoms with Crippen molar-refractivity contribution in [1.29, 1.82) is 0 Å². The highest BCUT2D eigenvalue weighted by molar-refractivity contribution is 5.82. The Morgan fingerprint density at radius 1 is 1.35 bits per heavy atom. The summed E-state index contributed by atoms with van der Waals surface area (Å²) in [6.07, 6.45) is 4.27. The third-order valence-corrected chi connectivity index (χ3v) is 3.52. The first kappa shape index (κ1) is 16.8. The molecule has 0 heterocycles. The first-order chi connectivity index (χ1) is 9.45. The Kier molecular flexibility index (Phi) is 6.78. The maximum absolute atomic E-state index is 12.4. The van der Waals surface area contributed by atoms with Gasteiger partial charge in [0, 0.05) is 19.7 Å². The van der Waals surface area contributed by atoms with Gasteiger partial charge < -0.3 is 20.1 Å². The van der Waals surface area contributed by atoms with E-state index in [1.54, 1.807) is 4.90 Å². The minimum Gasteiger partial charge on any atom is -0.480 e. The standard InChI is InChI=1S/C14H26N2O4/c1-10(2)8-16(11-6-4-5-7-11)14(19)15-12(9-20-3)13(17)18/h10-12H,4-9H2,1-3H3,(H,15,19)(H,17,18). The van der Waals surface area contributed by atoms with Crippen LogP contribution in [0.5, 0.6) is 0 Å². The Labute approximate surface area is 120 Å². The summed E-state index contributed by atoms with van der Waals surface area (Å²) in [5.41, 5.74) is 0. The van der Waals surface area contributed by atoms with Crippen molar-refractivity contribution in [3.63, 3.8) is 0 Å². The van der Waals surface area contributed by atoms with Gasteiger partial charge in [0.2, 0.25) is 0 Å². The number of rotatable bonds is 7. The van der Waals surface area contributed by atoms with Crippen LogP contribution in [0, 0.1) is 5.92 Å². The van der Waals surface area contributed by atoms with Gasteiger partial charge >= 0.3 is 12.0 Å². The van der Waals surface area contributed by atoms with Crippen molar-refractivity contribution in [2.24, 2.45) is 5.92 Å². The summed E-state index contributed by atoms with van der Waals surface area (Å²) in [6.45, 7) is 4.73. The number of hydrogen-bond acceptors (Lipinski definition) is 3. The molecule has 0 bridgehead atoms. The Balaban J connectivity index is 2.68. The molecule has 1 aliphatic carbocycles. The highest BCUT2D eigenvalue weighted by atomic mass is 16.5. The molecule has 0 aliphatic heterocycles. The van der Waals surface area contributed by atoms with Gasteiger partial charge in [-0.3, -0.25) is 0 Å². The molecular weight excluding hydrogens is 260 g/mol. The van der Waals surface area contributed by atoms with E-state index in [0.29, 0.717) is 12.5 Å². The van der Waals surface area contributed by atoms with Gasteiger partial charge in [0.15, 0.2) is 6.04 Å². The fraction of sp³-hybridized carbons (Fsp3) is 0.857. The minimum atomic E-state index is -1.07. The van der Waals surface area contributed by atoms with E-state index < -0.39 is 12.0 Å². The van der Waals surface area contributed by atoms with Gasteiger partial charge in [-0.25, -0.2) is 9.59 Å². The molecule has 1 atom stereocenters. The van der Waals surface area contributed by atoms with Gasteiger partial charge in [-0.2, -0.15) is 0 Å². The van der Waals surface area contributed by atoms with E-state index in [1.807, 2.05) is 0 Å². The molecule has 0 aromatic heterocycles. The van der Waals surface area contributed by atoms with Crippen molar-refractivity contribution < 1.29 is 19.4 Å². The van der Waals surface area contributed by atoms with Crippen molar-refractivity contribution in [3.05, 3.63) is 0 Å². The van der Waals surface area contributed by atoms with E-state index in [4.69, 9.17) is 9.84 Å². The molecule has 0 aromatic rings. The number of carbonyl (C=O) groups excluding carboxylic acids is 1. The van der Waals surface area contributed by atoms with Crippen molar-refractivity contribution >= 4 is 12.0 Å². The van der Waals surface area contributed by atoms with Crippen LogP contribution in [0.15, 0.2) is 0 Å². The maximum Gasteiger partial charge on any atom is 0.328 e. The molecule has 0 aromatic carbocycles. The van der Waals surface area contributed by atoms with Crippen molar-refractivity contribution in [2.45, 2.75) is 51.6 Å². The molecule has 1 rings (SSSR count). The van der Waals surface area contributed by atoms with Crippen LogP contribution in [0.2, 0.25) is 0 Å². The van der Waals surface area contributed by atoms with Crippen LogP contribution in [0.4, 0.5) is 4.79 Å². The summed E-state index contributed by atoms with van der Waals surface area (Å²) in [7, 11) is 1.42. The molecule has 0 spiro atoms. The lowest BCUT2D eigenvalue weighted by molar-refractivity contribution is -0.140. The van der Waals surface area contributed by atoms with Gasteiger partial charge in [0.1, 0.15) is 0 Å². The Bertz CT molecular complexity index is 327. The number of carboxylic acids is 1. The number of nitrogens with one attached hydrogen (secondary N) is 1. The largest absolute Gasteiger partial charge is 0.480 e. The average Bonchev–Trinajstić information content (AvgIpc) is 2.88. The number of aliphatic carboxylic acids is 1. The topological polar surface area (TPSA) is 78.9 Å². The average molecular weight is 286 g/mol. The smallest absolute Gasteiger partial charge is 0.328 e. The first-order valence-corrected chi connectivity index (χ1v) is 7.24. The second-order valence-electron chi connectivity index (χ2n) is 5.78. The number of nitrogens with zero attached hydrogens (tertiary/aromatic N) is 1. The van der Waals surface area contributed by atoms with Gasteiger partial charge in [-0.1, -0.05) is 26.7 Å². The van der Waals surface area contributed by atoms with Crippen molar-refractivity contribution in [1.82, 2.24) is 10.2 Å². The van der Waals surface area contributed by atoms with Crippen LogP contribution in [-0.2, 0) is 9.53 Å². The van der Waals surface area contributed by atoms with Gasteiger partial charge in [-0.05, 0) is 18.8 Å². The molecule has 1 aliphatic rings. The fourth-order valence-electron chi connectivity index (χ4n) is 2.58. The normalized spacial score (nSPS) is 17.2. The lowest BCUT2D eigenvalue weighted by atomic mass is 10.1. The summed E-state index contributed by atoms with van der Waals surface area (Å²) < 4.78 is 4.84. The summed E-state index contributed by atoms with van der Waals surface area (Å²) in [4.78, 5) is 25.2. The van der Waals surface area contributed by atoms with Crippen LogP contribution < -0.4 is 5.32 Å². The van der Waals surface area contributed by atoms with Gasteiger partial charge in [0.25, 0.3) is 0 Å². The predicted molar refractivity (Wildman–Crippen MR) is 75.6 cm³/mol. The summed E-state index contributed by atoms with van der Waals surface area (Å²) in [6, 6.07) is -1.06. The molecule has 1 saturated carbocycles. The number of methoxy groups -OCH3 is 1. The second kappa shape index (κ2) is 8.09. The van der Waals surface area contributed by atoms with Crippen molar-refractivity contribution in [2.75, 3.05) is 20.3 Å². The number of hydrogen-bond donors (Lipinski definition) is 2. The van der Waals surface area contributed by atoms with E-state index in [1.165, 1.54) is 7.11 Å². The zero-order chi connectivity index (χ0) is 15.1. The maximum atomic E-state index is 12.4. The molecule has 6 nitrogen and oxygen atoms in total. The molecule has 2 amide bonds. The molecule has 6 heteroatoms. The molecule has 116 valence electrons. The van der Waals surface area contributed by atoms with Crippen LogP contribution in [0.3, 0.4) is 0 Å². The highest BCUT2D eigenvalue weighted by Crippen LogP contribution is 2.24. The Morgan fingerprint density at radius 3 is 2.40 bits per heavy atom. The SMILES string of the molecule is COCC(NC(=O)N(CC(C)C)C1CCCC1)C(=O)O. The molecular formula is C14H26N2O4. The lowest BCUT2D eigenvalue weighted by Gasteiger charge is -2.31. The van der Waals surface area contributed by atoms with Crippen molar-refractivity contribution in [3.8, 4) is 0 Å². The minimum absolute atomic E-state index is 0.0265. The lowest BCUT2D eigenvalue weighted by Crippen LogP contribution is -2.53. The fourth-order valence-corrected chi connectivity index (χ4v) is 2.58. The molecule has 1 unspecified atom stereocenters. The number of carboxylic acid groups (broad SMARTS) is 1. The Hall–Kier alpha value is -1.30. The van der Waals surface area contributed by atoms with Crippen LogP contribution in [-0.4, -0.2) is 54.4 Å². The van der Waals surface area contributed by atoms with Crippen LogP contribution in [0.1, 0.15) is 39.5 Å². The van der Waals surface area contributed by atoms with Gasteiger partial charge in [0.05, 0.1) is 6.61 Å². The van der Waals surface area contributed by atoms with E-state index in [-0.39, 0.29) is 18.7 Å². The predicted octanol–water partition coefficient (Wildman–Crippen LogP) is 1.70. The summed E-state index contributed by atoms with van der Waals surface area (Å²) in [5, 5.41) is 11.6. The molecule has 1 fully saturated rings. The van der Waals surface area contributed by atoms with Gasteiger partial charge in [-0.15, -0.1) is 0 Å². The number of urea groups is 1. The zero-order valence-electron chi connectivity index (χ0n) is 12.6. The summed E-state index contributed by atoms with van der Waals surface area (Å²) in [5.74, 6) is -0.719. The molecule has 2 N–H and O–H groups in total. The summed E-state index contributed by atoms with van der Waals surface area (Å²) >= 11 is 0. The molecule has 20 heavy (non-hydrogen) atoms. The monoisotopic (exact) mass is 286 g/mol. The van der Waals surface area contributed by atoms with E-state index in [0.717, 1.165) is 25.7 Å². The first-order valence-electron chi connectivity index (χ1n) is 7.24. The third kappa shape index (κ3) is 5.00. The van der Waals surface area contributed by atoms with E-state index >= 15 is 0 Å². The third-order valence-electron chi connectivity index (χ3n) is 3.52. The van der Waals surface area contributed by atoms with E-state index in [9.17, 15) is 9.59 Å². The number of ether oxygens (including phenoxy) is 1. The number of carbonyl (C=O) groups is 2. The van der Waals surface area contributed by atoms with Crippen LogP contribution >= 0.6 is 0 Å². The molecule has 0 radical (unpaired) electrons. The zero-order valence-corrected chi connectivity index (χ0v) is 12.6. The van der Waals surface area contributed by atoms with Crippen LogP contribution in [0.25, 0.3) is 0 Å². The van der Waals surface area contributed by atoms with E-state index in [2.05, 4.69) is 19.2 Å². The highest BCUT2D eigenvalue weighted by Gasteiger charge is 2.29. The number of amides is 2. The second-order valence-corrected chi connectivity index (χ2v) is 5.78. The quantitative estimate of drug-likeness (QED) is 0.746.